The number of pyridine rings is 1. The Hall–Kier alpha value is -3.41. The number of carbonyl (C=O) groups excluding carboxylic acids is 2. The zero-order valence-corrected chi connectivity index (χ0v) is 18.6. The number of rotatable bonds is 8. The van der Waals surface area contributed by atoms with Crippen molar-refractivity contribution in [2.75, 3.05) is 5.32 Å². The second-order valence-corrected chi connectivity index (χ2v) is 8.26. The zero-order chi connectivity index (χ0) is 23.0. The Bertz CT molecular complexity index is 947. The summed E-state index contributed by atoms with van der Waals surface area (Å²) in [5.74, 6) is -0.481. The molecule has 1 heterocycles. The third kappa shape index (κ3) is 7.10. The van der Waals surface area contributed by atoms with Gasteiger partial charge in [-0.1, -0.05) is 37.3 Å². The molecule has 2 N–H and O–H groups in total. The van der Waals surface area contributed by atoms with E-state index in [1.54, 1.807) is 31.3 Å². The maximum Gasteiger partial charge on any atom is 0.408 e. The Morgan fingerprint density at radius 1 is 1.19 bits per heavy atom. The highest BCUT2D eigenvalue weighted by molar-refractivity contribution is 5.96. The molecule has 6 nitrogen and oxygen atoms in total. The highest BCUT2D eigenvalue weighted by atomic mass is 16.6. The maximum absolute atomic E-state index is 12.3. The lowest BCUT2D eigenvalue weighted by Crippen LogP contribution is -2.34. The summed E-state index contributed by atoms with van der Waals surface area (Å²) in [4.78, 5) is 29.1. The van der Waals surface area contributed by atoms with Crippen LogP contribution in [0.3, 0.4) is 0 Å². The van der Waals surface area contributed by atoms with E-state index >= 15 is 0 Å². The number of aromatic nitrogens is 1. The molecular formula is C25H31N3O3. The Morgan fingerprint density at radius 3 is 2.58 bits per heavy atom. The molecular weight excluding hydrogens is 390 g/mol. The molecule has 1 aromatic carbocycles. The Kier molecular flexibility index (Phi) is 8.14. The normalized spacial score (nSPS) is 12.9. The molecule has 0 aliphatic heterocycles. The molecule has 2 amide bonds. The Morgan fingerprint density at radius 2 is 1.94 bits per heavy atom. The van der Waals surface area contributed by atoms with Gasteiger partial charge in [-0.15, -0.1) is 13.2 Å². The fraction of sp³-hybridized carbons (Fsp3) is 0.320. The number of hydrogen-bond acceptors (Lipinski definition) is 4. The second-order valence-electron chi connectivity index (χ2n) is 8.26. The van der Waals surface area contributed by atoms with Crippen LogP contribution in [-0.4, -0.2) is 22.6 Å². The van der Waals surface area contributed by atoms with Crippen molar-refractivity contribution in [2.24, 2.45) is 5.92 Å². The maximum atomic E-state index is 12.3. The first-order chi connectivity index (χ1) is 14.6. The Labute approximate surface area is 184 Å². The van der Waals surface area contributed by atoms with Gasteiger partial charge in [0.25, 0.3) is 0 Å². The van der Waals surface area contributed by atoms with E-state index in [4.69, 9.17) is 4.74 Å². The van der Waals surface area contributed by atoms with Gasteiger partial charge in [-0.05, 0) is 51.0 Å². The molecule has 6 heteroatoms. The predicted octanol–water partition coefficient (Wildman–Crippen LogP) is 5.65. The van der Waals surface area contributed by atoms with E-state index in [2.05, 4.69) is 28.8 Å². The van der Waals surface area contributed by atoms with Crippen LogP contribution in [0, 0.1) is 5.92 Å². The lowest BCUT2D eigenvalue weighted by Gasteiger charge is -2.23. The topological polar surface area (TPSA) is 80.3 Å². The molecule has 0 spiro atoms. The molecule has 0 unspecified atom stereocenters. The number of ether oxygens (including phenoxy) is 1. The van der Waals surface area contributed by atoms with Gasteiger partial charge in [0.15, 0.2) is 0 Å². The molecule has 164 valence electrons. The monoisotopic (exact) mass is 421 g/mol. The molecule has 0 radical (unpaired) electrons. The summed E-state index contributed by atoms with van der Waals surface area (Å²) in [6.07, 6.45) is 5.06. The molecule has 0 saturated heterocycles. The largest absolute Gasteiger partial charge is 0.444 e. The number of anilines is 1. The molecule has 0 aliphatic carbocycles. The smallest absolute Gasteiger partial charge is 0.408 e. The number of hydrogen-bond donors (Lipinski definition) is 2. The summed E-state index contributed by atoms with van der Waals surface area (Å²) < 4.78 is 5.39. The van der Waals surface area contributed by atoms with Crippen LogP contribution in [0.5, 0.6) is 0 Å². The number of alkyl carbamates (subject to hydrolysis) is 1. The quantitative estimate of drug-likeness (QED) is 0.540. The first-order valence-electron chi connectivity index (χ1n) is 10.2. The molecule has 2 rings (SSSR count). The minimum absolute atomic E-state index is 0.156. The van der Waals surface area contributed by atoms with E-state index < -0.39 is 11.7 Å². The summed E-state index contributed by atoms with van der Waals surface area (Å²) in [5.41, 5.74) is 2.36. The van der Waals surface area contributed by atoms with Crippen LogP contribution in [0.25, 0.3) is 11.3 Å². The molecule has 0 bridgehead atoms. The van der Waals surface area contributed by atoms with Gasteiger partial charge in [0, 0.05) is 11.8 Å². The molecule has 31 heavy (non-hydrogen) atoms. The van der Waals surface area contributed by atoms with E-state index in [0.717, 1.165) is 11.1 Å². The average molecular weight is 422 g/mol. The van der Waals surface area contributed by atoms with E-state index in [0.29, 0.717) is 17.8 Å². The van der Waals surface area contributed by atoms with Crippen molar-refractivity contribution < 1.29 is 14.3 Å². The molecule has 2 aromatic rings. The van der Waals surface area contributed by atoms with Crippen LogP contribution in [0.2, 0.25) is 0 Å². The van der Waals surface area contributed by atoms with Crippen molar-refractivity contribution in [1.82, 2.24) is 10.3 Å². The number of benzene rings is 1. The van der Waals surface area contributed by atoms with E-state index in [-0.39, 0.29) is 17.9 Å². The summed E-state index contributed by atoms with van der Waals surface area (Å²) in [5, 5.41) is 5.82. The van der Waals surface area contributed by atoms with Crippen molar-refractivity contribution in [3.8, 4) is 11.3 Å². The first kappa shape index (κ1) is 23.9. The Balaban J connectivity index is 2.33. The van der Waals surface area contributed by atoms with Crippen molar-refractivity contribution in [2.45, 2.75) is 45.8 Å². The summed E-state index contributed by atoms with van der Waals surface area (Å²) in [6.45, 7) is 14.7. The highest BCUT2D eigenvalue weighted by Gasteiger charge is 2.21. The molecule has 1 aromatic heterocycles. The van der Waals surface area contributed by atoms with Gasteiger partial charge < -0.3 is 15.4 Å². The summed E-state index contributed by atoms with van der Waals surface area (Å²) in [7, 11) is 0. The molecule has 0 fully saturated rings. The van der Waals surface area contributed by atoms with E-state index in [1.165, 1.54) is 0 Å². The van der Waals surface area contributed by atoms with Gasteiger partial charge in [-0.3, -0.25) is 9.78 Å². The fourth-order valence-electron chi connectivity index (χ4n) is 2.89. The van der Waals surface area contributed by atoms with Crippen LogP contribution >= 0.6 is 0 Å². The van der Waals surface area contributed by atoms with Gasteiger partial charge in [0.1, 0.15) is 5.60 Å². The van der Waals surface area contributed by atoms with Crippen molar-refractivity contribution in [1.29, 1.82) is 0 Å². The fourth-order valence-corrected chi connectivity index (χ4v) is 2.89. The van der Waals surface area contributed by atoms with Gasteiger partial charge in [-0.25, -0.2) is 4.79 Å². The van der Waals surface area contributed by atoms with Crippen LogP contribution in [-0.2, 0) is 9.53 Å². The van der Waals surface area contributed by atoms with Gasteiger partial charge in [0.2, 0.25) is 5.91 Å². The van der Waals surface area contributed by atoms with Crippen LogP contribution in [0.4, 0.5) is 10.5 Å². The predicted molar refractivity (Wildman–Crippen MR) is 125 cm³/mol. The first-order valence-corrected chi connectivity index (χ1v) is 10.2. The lowest BCUT2D eigenvalue weighted by molar-refractivity contribution is -0.118. The molecule has 0 saturated carbocycles. The number of nitrogens with zero attached hydrogens (tertiary/aromatic N) is 1. The standard InChI is InChI=1S/C25H31N3O3/c1-7-11-20(28-24(30)31-25(4,5)6)18-12-9-13-19(16-18)22-21(14-10-15-26-22)27-23(29)17(3)8-2/h7-10,12-17,20H,1-2,11H2,3-6H3,(H,27,29)(H,28,30)/t17-,20+/m1/s1. The SMILES string of the molecule is C=CC[C@H](NC(=O)OC(C)(C)C)c1cccc(-c2ncccc2NC(=O)[C@H](C)C=C)c1. The number of amides is 2. The number of carbonyl (C=O) groups is 2. The highest BCUT2D eigenvalue weighted by Crippen LogP contribution is 2.29. The van der Waals surface area contributed by atoms with Gasteiger partial charge in [-0.2, -0.15) is 0 Å². The molecule has 0 aliphatic rings. The van der Waals surface area contributed by atoms with Crippen LogP contribution in [0.15, 0.2) is 67.9 Å². The van der Waals surface area contributed by atoms with Gasteiger partial charge in [0.05, 0.1) is 23.3 Å². The summed E-state index contributed by atoms with van der Waals surface area (Å²) in [6, 6.07) is 10.9. The van der Waals surface area contributed by atoms with Crippen molar-refractivity contribution in [3.05, 3.63) is 73.5 Å². The van der Waals surface area contributed by atoms with E-state index in [1.807, 2.05) is 51.1 Å². The second kappa shape index (κ2) is 10.6. The zero-order valence-electron chi connectivity index (χ0n) is 18.6. The molecule has 2 atom stereocenters. The van der Waals surface area contributed by atoms with Crippen LogP contribution in [0.1, 0.15) is 45.7 Å². The summed E-state index contributed by atoms with van der Waals surface area (Å²) >= 11 is 0. The van der Waals surface area contributed by atoms with Crippen molar-refractivity contribution in [3.63, 3.8) is 0 Å². The van der Waals surface area contributed by atoms with Gasteiger partial charge >= 0.3 is 6.09 Å². The van der Waals surface area contributed by atoms with Crippen molar-refractivity contribution >= 4 is 17.7 Å². The third-order valence-corrected chi connectivity index (χ3v) is 4.49. The van der Waals surface area contributed by atoms with Crippen LogP contribution < -0.4 is 10.6 Å². The minimum Gasteiger partial charge on any atom is -0.444 e. The van der Waals surface area contributed by atoms with E-state index in [9.17, 15) is 9.59 Å². The average Bonchev–Trinajstić information content (AvgIpc) is 2.72. The number of nitrogens with one attached hydrogen (secondary N) is 2. The minimum atomic E-state index is -0.589. The third-order valence-electron chi connectivity index (χ3n) is 4.49. The lowest BCUT2D eigenvalue weighted by atomic mass is 9.99.